The van der Waals surface area contributed by atoms with Gasteiger partial charge in [0, 0.05) is 12.7 Å². The molecule has 0 unspecified atom stereocenters. The van der Waals surface area contributed by atoms with Crippen LogP contribution in [0.2, 0.25) is 0 Å². The molecule has 3 rings (SSSR count). The molecule has 0 saturated heterocycles. The molecule has 1 heterocycles. The topological polar surface area (TPSA) is 59.1 Å². The molecule has 5 heteroatoms. The summed E-state index contributed by atoms with van der Waals surface area (Å²) in [4.78, 5) is 8.82. The molecule has 0 atom stereocenters. The van der Waals surface area contributed by atoms with E-state index >= 15 is 0 Å². The lowest BCUT2D eigenvalue weighted by Gasteiger charge is -2.15. The number of rotatable bonds is 7. The van der Waals surface area contributed by atoms with E-state index in [1.54, 1.807) is 6.20 Å². The number of benzene rings is 2. The molecule has 0 amide bonds. The van der Waals surface area contributed by atoms with Gasteiger partial charge in [-0.3, -0.25) is 0 Å². The minimum Gasteiger partial charge on any atom is -0.489 e. The quantitative estimate of drug-likeness (QED) is 0.634. The Hall–Kier alpha value is -3.08. The van der Waals surface area contributed by atoms with Gasteiger partial charge in [0.05, 0.1) is 11.8 Å². The molecule has 5 nitrogen and oxygen atoms in total. The van der Waals surface area contributed by atoms with E-state index in [1.807, 2.05) is 44.2 Å². The minimum atomic E-state index is 0.107. The number of nitrogens with zero attached hydrogens (tertiary/aromatic N) is 2. The van der Waals surface area contributed by atoms with E-state index < -0.39 is 0 Å². The highest BCUT2D eigenvalue weighted by molar-refractivity contribution is 5.64. The summed E-state index contributed by atoms with van der Waals surface area (Å²) in [6.45, 7) is 6.77. The van der Waals surface area contributed by atoms with Crippen molar-refractivity contribution in [2.24, 2.45) is 0 Å². The molecule has 2 aromatic carbocycles. The molecule has 134 valence electrons. The van der Waals surface area contributed by atoms with E-state index in [2.05, 4.69) is 51.8 Å². The Morgan fingerprint density at radius 1 is 1.00 bits per heavy atom. The average molecular weight is 348 g/mol. The number of para-hydroxylation sites is 2. The fourth-order valence-corrected chi connectivity index (χ4v) is 2.47. The fourth-order valence-electron chi connectivity index (χ4n) is 2.47. The number of anilines is 3. The highest BCUT2D eigenvalue weighted by Crippen LogP contribution is 2.27. The summed E-state index contributed by atoms with van der Waals surface area (Å²) in [5, 5.41) is 6.57. The second-order valence-electron chi connectivity index (χ2n) is 6.39. The van der Waals surface area contributed by atoms with Crippen molar-refractivity contribution in [2.75, 3.05) is 10.6 Å². The van der Waals surface area contributed by atoms with Crippen molar-refractivity contribution >= 4 is 17.5 Å². The van der Waals surface area contributed by atoms with Crippen molar-refractivity contribution in [1.82, 2.24) is 9.97 Å². The standard InChI is InChI=1S/C21H24N4O/c1-15(2)26-19-7-5-4-6-18(19)24-20-12-13-22-21(25-20)23-14-17-10-8-16(3)9-11-17/h4-13,15H,14H2,1-3H3,(H2,22,23,24,25). The molecule has 0 aliphatic carbocycles. The van der Waals surface area contributed by atoms with E-state index in [1.165, 1.54) is 11.1 Å². The third-order valence-corrected chi connectivity index (χ3v) is 3.74. The van der Waals surface area contributed by atoms with Crippen LogP contribution in [0.3, 0.4) is 0 Å². The maximum atomic E-state index is 5.84. The molecule has 3 aromatic rings. The summed E-state index contributed by atoms with van der Waals surface area (Å²) in [5.74, 6) is 2.10. The van der Waals surface area contributed by atoms with Gasteiger partial charge < -0.3 is 15.4 Å². The number of ether oxygens (including phenoxy) is 1. The highest BCUT2D eigenvalue weighted by Gasteiger charge is 2.07. The van der Waals surface area contributed by atoms with Gasteiger partial charge in [0.15, 0.2) is 0 Å². The van der Waals surface area contributed by atoms with Crippen molar-refractivity contribution in [3.8, 4) is 5.75 Å². The second-order valence-corrected chi connectivity index (χ2v) is 6.39. The van der Waals surface area contributed by atoms with Crippen molar-refractivity contribution in [1.29, 1.82) is 0 Å². The predicted molar refractivity (Wildman–Crippen MR) is 106 cm³/mol. The smallest absolute Gasteiger partial charge is 0.224 e. The predicted octanol–water partition coefficient (Wildman–Crippen LogP) is 4.93. The molecule has 0 spiro atoms. The first-order valence-electron chi connectivity index (χ1n) is 8.75. The molecule has 26 heavy (non-hydrogen) atoms. The van der Waals surface area contributed by atoms with Gasteiger partial charge >= 0.3 is 0 Å². The number of aryl methyl sites for hydroxylation is 1. The van der Waals surface area contributed by atoms with Crippen molar-refractivity contribution in [3.05, 3.63) is 71.9 Å². The van der Waals surface area contributed by atoms with Gasteiger partial charge in [-0.25, -0.2) is 4.98 Å². The molecular weight excluding hydrogens is 324 g/mol. The van der Waals surface area contributed by atoms with E-state index in [-0.39, 0.29) is 6.10 Å². The second kappa shape index (κ2) is 8.34. The Balaban J connectivity index is 1.69. The van der Waals surface area contributed by atoms with Gasteiger partial charge in [-0.1, -0.05) is 42.0 Å². The van der Waals surface area contributed by atoms with E-state index in [4.69, 9.17) is 4.74 Å². The van der Waals surface area contributed by atoms with Gasteiger partial charge in [0.25, 0.3) is 0 Å². The molecule has 0 bridgehead atoms. The summed E-state index contributed by atoms with van der Waals surface area (Å²) in [6, 6.07) is 18.1. The summed E-state index contributed by atoms with van der Waals surface area (Å²) in [7, 11) is 0. The minimum absolute atomic E-state index is 0.107. The van der Waals surface area contributed by atoms with E-state index in [0.29, 0.717) is 18.3 Å². The Kier molecular flexibility index (Phi) is 5.69. The summed E-state index contributed by atoms with van der Waals surface area (Å²) in [6.07, 6.45) is 1.84. The summed E-state index contributed by atoms with van der Waals surface area (Å²) < 4.78 is 5.84. The van der Waals surface area contributed by atoms with Crippen molar-refractivity contribution in [3.63, 3.8) is 0 Å². The normalized spacial score (nSPS) is 10.6. The van der Waals surface area contributed by atoms with Crippen LogP contribution < -0.4 is 15.4 Å². The van der Waals surface area contributed by atoms with Crippen molar-refractivity contribution < 1.29 is 4.74 Å². The molecule has 0 aliphatic heterocycles. The summed E-state index contributed by atoms with van der Waals surface area (Å²) >= 11 is 0. The molecule has 1 aromatic heterocycles. The van der Waals surface area contributed by atoms with Crippen LogP contribution in [0.25, 0.3) is 0 Å². The molecule has 0 aliphatic rings. The fraction of sp³-hybridized carbons (Fsp3) is 0.238. The summed E-state index contributed by atoms with van der Waals surface area (Å²) in [5.41, 5.74) is 3.32. The molecule has 0 saturated carbocycles. The van der Waals surface area contributed by atoms with E-state index in [9.17, 15) is 0 Å². The average Bonchev–Trinajstić information content (AvgIpc) is 2.63. The lowest BCUT2D eigenvalue weighted by molar-refractivity contribution is 0.244. The van der Waals surface area contributed by atoms with Crippen LogP contribution in [-0.2, 0) is 6.54 Å². The Bertz CT molecular complexity index is 847. The maximum absolute atomic E-state index is 5.84. The van der Waals surface area contributed by atoms with Gasteiger partial charge in [-0.15, -0.1) is 0 Å². The van der Waals surface area contributed by atoms with Crippen LogP contribution in [-0.4, -0.2) is 16.1 Å². The zero-order chi connectivity index (χ0) is 18.4. The first kappa shape index (κ1) is 17.7. The van der Waals surface area contributed by atoms with Crippen LogP contribution in [0.15, 0.2) is 60.8 Å². The largest absolute Gasteiger partial charge is 0.489 e. The van der Waals surface area contributed by atoms with Crippen LogP contribution >= 0.6 is 0 Å². The molecule has 2 N–H and O–H groups in total. The SMILES string of the molecule is Cc1ccc(CNc2nccc(Nc3ccccc3OC(C)C)n2)cc1. The van der Waals surface area contributed by atoms with Crippen molar-refractivity contribution in [2.45, 2.75) is 33.4 Å². The number of nitrogens with one attached hydrogen (secondary N) is 2. The van der Waals surface area contributed by atoms with Gasteiger partial charge in [0.2, 0.25) is 5.95 Å². The Morgan fingerprint density at radius 2 is 1.77 bits per heavy atom. The monoisotopic (exact) mass is 348 g/mol. The van der Waals surface area contributed by atoms with Crippen LogP contribution in [0.1, 0.15) is 25.0 Å². The highest BCUT2D eigenvalue weighted by atomic mass is 16.5. The zero-order valence-electron chi connectivity index (χ0n) is 15.4. The Morgan fingerprint density at radius 3 is 2.54 bits per heavy atom. The lowest BCUT2D eigenvalue weighted by Crippen LogP contribution is -2.08. The Labute approximate surface area is 154 Å². The van der Waals surface area contributed by atoms with E-state index in [0.717, 1.165) is 11.4 Å². The third-order valence-electron chi connectivity index (χ3n) is 3.74. The maximum Gasteiger partial charge on any atom is 0.224 e. The molecule has 0 fully saturated rings. The molecule has 0 radical (unpaired) electrons. The van der Waals surface area contributed by atoms with Gasteiger partial charge in [0.1, 0.15) is 11.6 Å². The van der Waals surface area contributed by atoms with Crippen LogP contribution in [0.4, 0.5) is 17.5 Å². The first-order chi connectivity index (χ1) is 12.6. The zero-order valence-corrected chi connectivity index (χ0v) is 15.4. The first-order valence-corrected chi connectivity index (χ1v) is 8.75. The van der Waals surface area contributed by atoms with Gasteiger partial charge in [-0.2, -0.15) is 4.98 Å². The van der Waals surface area contributed by atoms with Crippen LogP contribution in [0.5, 0.6) is 5.75 Å². The lowest BCUT2D eigenvalue weighted by atomic mass is 10.1. The number of aromatic nitrogens is 2. The molecular formula is C21H24N4O. The van der Waals surface area contributed by atoms with Gasteiger partial charge in [-0.05, 0) is 44.5 Å². The third kappa shape index (κ3) is 4.96. The number of hydrogen-bond acceptors (Lipinski definition) is 5. The van der Waals surface area contributed by atoms with Crippen LogP contribution in [0, 0.1) is 6.92 Å². The number of hydrogen-bond donors (Lipinski definition) is 2.